The van der Waals surface area contributed by atoms with Crippen LogP contribution >= 0.6 is 0 Å². The van der Waals surface area contributed by atoms with Crippen LogP contribution in [0, 0.1) is 11.8 Å². The molecule has 1 aromatic rings. The first-order chi connectivity index (χ1) is 19.1. The van der Waals surface area contributed by atoms with Gasteiger partial charge in [-0.2, -0.15) is 0 Å². The Morgan fingerprint density at radius 3 is 2.23 bits per heavy atom. The van der Waals surface area contributed by atoms with Gasteiger partial charge in [0.2, 0.25) is 17.7 Å². The zero-order chi connectivity index (χ0) is 28.9. The summed E-state index contributed by atoms with van der Waals surface area (Å²) < 4.78 is 10.6. The van der Waals surface area contributed by atoms with E-state index in [2.05, 4.69) is 16.0 Å². The van der Waals surface area contributed by atoms with E-state index in [-0.39, 0.29) is 24.0 Å². The highest BCUT2D eigenvalue weighted by molar-refractivity contribution is 5.98. The van der Waals surface area contributed by atoms with Crippen molar-refractivity contribution in [2.45, 2.75) is 101 Å². The zero-order valence-corrected chi connectivity index (χ0v) is 23.7. The average molecular weight is 558 g/mol. The first kappa shape index (κ1) is 30.0. The van der Waals surface area contributed by atoms with Gasteiger partial charge in [-0.15, -0.1) is 0 Å². The summed E-state index contributed by atoms with van der Waals surface area (Å²) in [6, 6.07) is 4.64. The second-order valence-electron chi connectivity index (χ2n) is 11.8. The smallest absolute Gasteiger partial charge is 0.243 e. The number of Topliss-reactive ketones (excluding diaryl/α,β-unsaturated/α-hetero) is 1. The maximum absolute atomic E-state index is 13.7. The van der Waals surface area contributed by atoms with E-state index in [1.54, 1.807) is 33.1 Å². The molecule has 0 radical (unpaired) electrons. The summed E-state index contributed by atoms with van der Waals surface area (Å²) in [5.74, 6) is -0.689. The molecule has 3 amide bonds. The van der Waals surface area contributed by atoms with Crippen molar-refractivity contribution in [1.29, 1.82) is 0 Å². The van der Waals surface area contributed by atoms with Gasteiger partial charge in [-0.1, -0.05) is 37.8 Å². The van der Waals surface area contributed by atoms with Crippen LogP contribution in [0.2, 0.25) is 0 Å². The Morgan fingerprint density at radius 1 is 1.00 bits per heavy atom. The molecule has 220 valence electrons. The summed E-state index contributed by atoms with van der Waals surface area (Å²) in [4.78, 5) is 52.8. The number of nitrogens with one attached hydrogen (secondary N) is 3. The highest BCUT2D eigenvalue weighted by Gasteiger charge is 2.50. The highest BCUT2D eigenvalue weighted by atomic mass is 16.6. The summed E-state index contributed by atoms with van der Waals surface area (Å²) >= 11 is 0. The van der Waals surface area contributed by atoms with Crippen molar-refractivity contribution >= 4 is 23.5 Å². The lowest BCUT2D eigenvalue weighted by Gasteiger charge is -2.27. The highest BCUT2D eigenvalue weighted by Crippen LogP contribution is 2.33. The minimum atomic E-state index is -0.972. The van der Waals surface area contributed by atoms with E-state index in [0.717, 1.165) is 31.2 Å². The monoisotopic (exact) mass is 557 g/mol. The fourth-order valence-corrected chi connectivity index (χ4v) is 5.80. The number of hydrogen-bond acceptors (Lipinski definition) is 7. The van der Waals surface area contributed by atoms with Crippen molar-refractivity contribution in [3.8, 4) is 5.75 Å². The molecule has 1 heterocycles. The van der Waals surface area contributed by atoms with E-state index in [0.29, 0.717) is 44.0 Å². The number of methoxy groups -OCH3 is 1. The Kier molecular flexibility index (Phi) is 9.84. The molecule has 1 aliphatic heterocycles. The number of carbonyl (C=O) groups excluding carboxylic acids is 4. The summed E-state index contributed by atoms with van der Waals surface area (Å²) in [6.07, 6.45) is 6.04. The first-order valence-electron chi connectivity index (χ1n) is 14.5. The first-order valence-corrected chi connectivity index (χ1v) is 14.5. The Balaban J connectivity index is 1.46. The number of aliphatic hydroxyl groups is 1. The predicted molar refractivity (Wildman–Crippen MR) is 147 cm³/mol. The molecule has 10 heteroatoms. The van der Waals surface area contributed by atoms with Gasteiger partial charge in [0.15, 0.2) is 5.78 Å². The van der Waals surface area contributed by atoms with Gasteiger partial charge >= 0.3 is 0 Å². The molecule has 10 nitrogen and oxygen atoms in total. The van der Waals surface area contributed by atoms with Gasteiger partial charge in [0.1, 0.15) is 23.4 Å². The van der Waals surface area contributed by atoms with Crippen LogP contribution in [0.25, 0.3) is 0 Å². The normalized spacial score (nSPS) is 26.4. The van der Waals surface area contributed by atoms with Crippen LogP contribution in [0.5, 0.6) is 5.75 Å². The van der Waals surface area contributed by atoms with Gasteiger partial charge in [0, 0.05) is 12.3 Å². The van der Waals surface area contributed by atoms with Gasteiger partial charge < -0.3 is 30.5 Å². The average Bonchev–Trinajstić information content (AvgIpc) is 3.28. The van der Waals surface area contributed by atoms with Crippen molar-refractivity contribution in [3.05, 3.63) is 29.8 Å². The van der Waals surface area contributed by atoms with Crippen molar-refractivity contribution in [1.82, 2.24) is 16.0 Å². The fourth-order valence-electron chi connectivity index (χ4n) is 5.80. The molecule has 3 fully saturated rings. The molecule has 4 unspecified atom stereocenters. The maximum Gasteiger partial charge on any atom is 0.243 e. The lowest BCUT2D eigenvalue weighted by Crippen LogP contribution is -2.57. The maximum atomic E-state index is 13.7. The summed E-state index contributed by atoms with van der Waals surface area (Å²) in [6.45, 7) is 3.65. The van der Waals surface area contributed by atoms with Crippen molar-refractivity contribution in [3.63, 3.8) is 0 Å². The topological polar surface area (TPSA) is 146 Å². The molecule has 1 aromatic carbocycles. The van der Waals surface area contributed by atoms with Crippen LogP contribution in [-0.2, 0) is 30.3 Å². The number of epoxide rings is 1. The summed E-state index contributed by atoms with van der Waals surface area (Å²) in [7, 11) is 1.57. The molecule has 0 spiro atoms. The van der Waals surface area contributed by atoms with E-state index < -0.39 is 41.6 Å². The Bertz CT molecular complexity index is 1070. The molecular weight excluding hydrogens is 514 g/mol. The third kappa shape index (κ3) is 7.81. The van der Waals surface area contributed by atoms with Crippen LogP contribution < -0.4 is 20.7 Å². The Labute approximate surface area is 235 Å². The van der Waals surface area contributed by atoms with Crippen molar-refractivity contribution in [2.24, 2.45) is 11.8 Å². The lowest BCUT2D eigenvalue weighted by atomic mass is 9.90. The number of hydrogen-bond donors (Lipinski definition) is 4. The predicted octanol–water partition coefficient (Wildman–Crippen LogP) is 1.81. The molecule has 0 bridgehead atoms. The van der Waals surface area contributed by atoms with Crippen molar-refractivity contribution < 1.29 is 33.8 Å². The van der Waals surface area contributed by atoms with Gasteiger partial charge in [-0.05, 0) is 63.1 Å². The van der Waals surface area contributed by atoms with Crippen LogP contribution in [0.15, 0.2) is 24.3 Å². The Morgan fingerprint density at radius 2 is 1.65 bits per heavy atom. The molecule has 4 N–H and O–H groups in total. The number of benzene rings is 1. The third-order valence-corrected chi connectivity index (χ3v) is 8.53. The number of amides is 3. The van der Waals surface area contributed by atoms with Gasteiger partial charge in [0.05, 0.1) is 25.9 Å². The van der Waals surface area contributed by atoms with E-state index in [1.165, 1.54) is 0 Å². The molecule has 6 atom stereocenters. The van der Waals surface area contributed by atoms with Gasteiger partial charge in [-0.3, -0.25) is 19.2 Å². The van der Waals surface area contributed by atoms with E-state index in [1.807, 2.05) is 12.1 Å². The molecule has 3 aliphatic rings. The summed E-state index contributed by atoms with van der Waals surface area (Å²) in [5.41, 5.74) is -0.0771. The molecule has 4 rings (SSSR count). The summed E-state index contributed by atoms with van der Waals surface area (Å²) in [5, 5.41) is 18.2. The number of aliphatic hydroxyl groups excluding tert-OH is 1. The van der Waals surface area contributed by atoms with Crippen molar-refractivity contribution in [2.75, 3.05) is 13.7 Å². The minimum absolute atomic E-state index is 0.137. The molecular formula is C30H43N3O7. The van der Waals surface area contributed by atoms with Crippen LogP contribution in [-0.4, -0.2) is 72.2 Å². The molecule has 0 aromatic heterocycles. The Hall–Kier alpha value is -2.98. The quantitative estimate of drug-likeness (QED) is 0.271. The third-order valence-electron chi connectivity index (χ3n) is 8.53. The molecule has 1 saturated heterocycles. The second-order valence-corrected chi connectivity index (χ2v) is 11.8. The minimum Gasteiger partial charge on any atom is -0.497 e. The van der Waals surface area contributed by atoms with Gasteiger partial charge in [-0.25, -0.2) is 0 Å². The van der Waals surface area contributed by atoms with Crippen LogP contribution in [0.4, 0.5) is 0 Å². The molecule has 2 aliphatic carbocycles. The zero-order valence-electron chi connectivity index (χ0n) is 23.7. The second kappa shape index (κ2) is 13.1. The SMILES string of the molecule is COc1ccc(CC(NC(=O)C(C)NC(=O)[C@@H]2CC[C@@H](O)C2)C(=O)NC(CC2CCCC2)C(=O)C2(C)CO2)cc1. The fraction of sp³-hybridized carbons (Fsp3) is 0.667. The number of ketones is 1. The number of ether oxygens (including phenoxy) is 2. The molecule has 40 heavy (non-hydrogen) atoms. The van der Waals surface area contributed by atoms with Crippen LogP contribution in [0.3, 0.4) is 0 Å². The molecule has 2 saturated carbocycles. The van der Waals surface area contributed by atoms with E-state index >= 15 is 0 Å². The largest absolute Gasteiger partial charge is 0.497 e. The van der Waals surface area contributed by atoms with Gasteiger partial charge in [0.25, 0.3) is 0 Å². The standard InChI is InChI=1S/C30H43N3O7/c1-18(31-28(37)21-10-11-22(34)16-21)27(36)33-25(15-20-8-12-23(39-3)13-9-20)29(38)32-24(14-19-6-4-5-7-19)26(35)30(2)17-40-30/h8-9,12-13,18-19,21-22,24-25,34H,4-7,10-11,14-17H2,1-3H3,(H,31,37)(H,32,38)(H,33,36)/t18?,21-,22-,24?,25?,30?/m1/s1. The van der Waals surface area contributed by atoms with Crippen LogP contribution in [0.1, 0.15) is 70.8 Å². The number of carbonyl (C=O) groups is 4. The van der Waals surface area contributed by atoms with E-state index in [9.17, 15) is 24.3 Å². The lowest BCUT2D eigenvalue weighted by molar-refractivity contribution is -0.134. The van der Waals surface area contributed by atoms with E-state index in [4.69, 9.17) is 9.47 Å². The number of rotatable bonds is 13.